The first-order chi connectivity index (χ1) is 10.2. The van der Waals surface area contributed by atoms with Gasteiger partial charge in [-0.15, -0.1) is 0 Å². The van der Waals surface area contributed by atoms with E-state index in [2.05, 4.69) is 52.8 Å². The van der Waals surface area contributed by atoms with Crippen LogP contribution in [0.1, 0.15) is 70.1 Å². The lowest BCUT2D eigenvalue weighted by molar-refractivity contribution is 0.112. The average molecular weight is 300 g/mol. The Labute approximate surface area is 133 Å². The molecular formula is C20H28O2. The Kier molecular flexibility index (Phi) is 3.36. The minimum atomic E-state index is -0.188. The van der Waals surface area contributed by atoms with Crippen LogP contribution in [0, 0.1) is 11.3 Å². The van der Waals surface area contributed by atoms with Crippen LogP contribution in [0.4, 0.5) is 0 Å². The number of aryl methyl sites for hydroxylation is 1. The molecular weight excluding hydrogens is 272 g/mol. The second-order valence-corrected chi connectivity index (χ2v) is 8.32. The van der Waals surface area contributed by atoms with Crippen molar-refractivity contribution < 1.29 is 10.2 Å². The van der Waals surface area contributed by atoms with Gasteiger partial charge in [-0.1, -0.05) is 52.8 Å². The maximum atomic E-state index is 10.8. The zero-order valence-electron chi connectivity index (χ0n) is 14.4. The van der Waals surface area contributed by atoms with Gasteiger partial charge in [0, 0.05) is 16.5 Å². The van der Waals surface area contributed by atoms with Gasteiger partial charge in [0.2, 0.25) is 0 Å². The minimum absolute atomic E-state index is 0.0763. The predicted molar refractivity (Wildman–Crippen MR) is 90.6 cm³/mol. The highest BCUT2D eigenvalue weighted by molar-refractivity contribution is 5.60. The van der Waals surface area contributed by atoms with Crippen LogP contribution in [0.2, 0.25) is 0 Å². The van der Waals surface area contributed by atoms with Crippen molar-refractivity contribution in [3.05, 3.63) is 34.9 Å². The molecule has 0 bridgehead atoms. The summed E-state index contributed by atoms with van der Waals surface area (Å²) in [4.78, 5) is 0. The number of rotatable bonds is 1. The molecule has 1 aromatic rings. The van der Waals surface area contributed by atoms with Crippen LogP contribution in [0.5, 0.6) is 11.5 Å². The quantitative estimate of drug-likeness (QED) is 0.564. The van der Waals surface area contributed by atoms with E-state index in [9.17, 15) is 10.2 Å². The molecule has 0 saturated heterocycles. The minimum Gasteiger partial charge on any atom is -0.504 e. The van der Waals surface area contributed by atoms with E-state index in [0.29, 0.717) is 5.92 Å². The Balaban J connectivity index is 2.25. The third-order valence-electron chi connectivity index (χ3n) is 6.02. The molecule has 0 aromatic heterocycles. The Bertz CT molecular complexity index is 640. The second-order valence-electron chi connectivity index (χ2n) is 8.32. The molecule has 22 heavy (non-hydrogen) atoms. The van der Waals surface area contributed by atoms with Crippen molar-refractivity contribution in [3.63, 3.8) is 0 Å². The highest BCUT2D eigenvalue weighted by atomic mass is 16.3. The first kappa shape index (κ1) is 15.5. The first-order valence-electron chi connectivity index (χ1n) is 8.44. The maximum Gasteiger partial charge on any atom is 0.162 e. The lowest BCUT2D eigenvalue weighted by Gasteiger charge is -2.51. The standard InChI is InChI=1S/C20H28O2/c1-12(2)14-11-13-7-8-15-19(3,4)9-6-10-20(15,5)16(13)18(22)17(14)21/h6,10-12,15,21-22H,7-9H2,1-5H3/t15-,20-/m0/s1. The molecule has 0 fully saturated rings. The summed E-state index contributed by atoms with van der Waals surface area (Å²) in [5.41, 5.74) is 3.05. The number of fused-ring (bicyclic) bond motifs is 3. The van der Waals surface area contributed by atoms with Gasteiger partial charge in [0.1, 0.15) is 0 Å². The number of phenols is 2. The van der Waals surface area contributed by atoms with Gasteiger partial charge in [-0.05, 0) is 42.1 Å². The zero-order chi connectivity index (χ0) is 16.3. The van der Waals surface area contributed by atoms with Crippen LogP contribution in [0.25, 0.3) is 0 Å². The van der Waals surface area contributed by atoms with E-state index in [4.69, 9.17) is 0 Å². The highest BCUT2D eigenvalue weighted by Gasteiger charge is 2.49. The number of hydrogen-bond donors (Lipinski definition) is 2. The summed E-state index contributed by atoms with van der Waals surface area (Å²) in [5.74, 6) is 0.885. The van der Waals surface area contributed by atoms with Gasteiger partial charge in [0.25, 0.3) is 0 Å². The largest absolute Gasteiger partial charge is 0.504 e. The molecule has 3 rings (SSSR count). The lowest BCUT2D eigenvalue weighted by atomic mass is 9.52. The predicted octanol–water partition coefficient (Wildman–Crippen LogP) is 5.03. The van der Waals surface area contributed by atoms with Crippen LogP contribution in [-0.2, 0) is 11.8 Å². The molecule has 1 aromatic carbocycles. The van der Waals surface area contributed by atoms with Gasteiger partial charge in [-0.2, -0.15) is 0 Å². The summed E-state index contributed by atoms with van der Waals surface area (Å²) >= 11 is 0. The topological polar surface area (TPSA) is 40.5 Å². The molecule has 120 valence electrons. The van der Waals surface area contributed by atoms with Crippen molar-refractivity contribution in [1.82, 2.24) is 0 Å². The van der Waals surface area contributed by atoms with Crippen molar-refractivity contribution >= 4 is 0 Å². The summed E-state index contributed by atoms with van der Waals surface area (Å²) < 4.78 is 0. The van der Waals surface area contributed by atoms with Crippen molar-refractivity contribution in [3.8, 4) is 11.5 Å². The Morgan fingerprint density at radius 2 is 1.82 bits per heavy atom. The highest BCUT2D eigenvalue weighted by Crippen LogP contribution is 2.58. The van der Waals surface area contributed by atoms with E-state index in [1.54, 1.807) is 0 Å². The fourth-order valence-corrected chi connectivity index (χ4v) is 4.90. The first-order valence-corrected chi connectivity index (χ1v) is 8.44. The van der Waals surface area contributed by atoms with Crippen molar-refractivity contribution in [2.45, 2.75) is 65.2 Å². The third-order valence-corrected chi connectivity index (χ3v) is 6.02. The fourth-order valence-electron chi connectivity index (χ4n) is 4.90. The second kappa shape index (κ2) is 4.78. The molecule has 0 aliphatic heterocycles. The summed E-state index contributed by atoms with van der Waals surface area (Å²) in [6.07, 6.45) is 7.72. The SMILES string of the molecule is CC(C)c1cc2c(c(O)c1O)[C@@]1(C)C=CCC(C)(C)[C@@H]1CC2. The zero-order valence-corrected chi connectivity index (χ0v) is 14.4. The van der Waals surface area contributed by atoms with E-state index in [-0.39, 0.29) is 28.2 Å². The van der Waals surface area contributed by atoms with Gasteiger partial charge in [0.05, 0.1) is 0 Å². The molecule has 2 atom stereocenters. The fraction of sp³-hybridized carbons (Fsp3) is 0.600. The Morgan fingerprint density at radius 3 is 2.45 bits per heavy atom. The molecule has 0 radical (unpaired) electrons. The van der Waals surface area contributed by atoms with Gasteiger partial charge < -0.3 is 10.2 Å². The number of hydrogen-bond acceptors (Lipinski definition) is 2. The lowest BCUT2D eigenvalue weighted by Crippen LogP contribution is -2.45. The van der Waals surface area contributed by atoms with Crippen molar-refractivity contribution in [2.75, 3.05) is 0 Å². The molecule has 0 spiro atoms. The van der Waals surface area contributed by atoms with E-state index >= 15 is 0 Å². The van der Waals surface area contributed by atoms with Crippen LogP contribution >= 0.6 is 0 Å². The normalized spacial score (nSPS) is 29.3. The van der Waals surface area contributed by atoms with Gasteiger partial charge in [-0.25, -0.2) is 0 Å². The molecule has 0 amide bonds. The summed E-state index contributed by atoms with van der Waals surface area (Å²) in [5, 5.41) is 21.2. The molecule has 2 heteroatoms. The molecule has 2 nitrogen and oxygen atoms in total. The summed E-state index contributed by atoms with van der Waals surface area (Å²) in [6.45, 7) is 11.0. The van der Waals surface area contributed by atoms with Crippen LogP contribution < -0.4 is 0 Å². The van der Waals surface area contributed by atoms with Crippen LogP contribution in [0.3, 0.4) is 0 Å². The summed E-state index contributed by atoms with van der Waals surface area (Å²) in [7, 11) is 0. The molecule has 0 unspecified atom stereocenters. The number of phenolic OH excluding ortho intramolecular Hbond substituents is 2. The van der Waals surface area contributed by atoms with Gasteiger partial charge >= 0.3 is 0 Å². The molecule has 0 heterocycles. The van der Waals surface area contributed by atoms with Crippen LogP contribution in [0.15, 0.2) is 18.2 Å². The Hall–Kier alpha value is -1.44. The Morgan fingerprint density at radius 1 is 1.14 bits per heavy atom. The molecule has 2 aliphatic carbocycles. The average Bonchev–Trinajstić information content (AvgIpc) is 2.40. The van der Waals surface area contributed by atoms with E-state index < -0.39 is 0 Å². The van der Waals surface area contributed by atoms with Crippen molar-refractivity contribution in [1.29, 1.82) is 0 Å². The number of benzene rings is 1. The summed E-state index contributed by atoms with van der Waals surface area (Å²) in [6, 6.07) is 2.12. The monoisotopic (exact) mass is 300 g/mol. The number of allylic oxidation sites excluding steroid dienone is 2. The maximum absolute atomic E-state index is 10.8. The molecule has 0 saturated carbocycles. The number of aromatic hydroxyl groups is 2. The van der Waals surface area contributed by atoms with Gasteiger partial charge in [-0.3, -0.25) is 0 Å². The molecule has 2 aliphatic rings. The third kappa shape index (κ3) is 2.00. The van der Waals surface area contributed by atoms with E-state index in [1.807, 2.05) is 0 Å². The van der Waals surface area contributed by atoms with E-state index in [0.717, 1.165) is 30.4 Å². The van der Waals surface area contributed by atoms with Crippen molar-refractivity contribution in [2.24, 2.45) is 11.3 Å². The smallest absolute Gasteiger partial charge is 0.162 e. The van der Waals surface area contributed by atoms with Gasteiger partial charge in [0.15, 0.2) is 11.5 Å². The van der Waals surface area contributed by atoms with E-state index in [1.165, 1.54) is 5.56 Å². The van der Waals surface area contributed by atoms with Crippen LogP contribution in [-0.4, -0.2) is 10.2 Å². The molecule has 2 N–H and O–H groups in total.